The highest BCUT2D eigenvalue weighted by Crippen LogP contribution is 2.68. The summed E-state index contributed by atoms with van der Waals surface area (Å²) in [6.45, 7) is 24.4. The van der Waals surface area contributed by atoms with Crippen molar-refractivity contribution in [1.82, 2.24) is 0 Å². The second-order valence-corrected chi connectivity index (χ2v) is 23.3. The topological polar surface area (TPSA) is 36.9 Å². The normalized spacial score (nSPS) is 22.9. The molecule has 4 aromatic rings. The first-order valence-corrected chi connectivity index (χ1v) is 26.5. The molecule has 0 N–H and O–H groups in total. The van der Waals surface area contributed by atoms with Gasteiger partial charge in [0.15, 0.2) is 0 Å². The van der Waals surface area contributed by atoms with Crippen molar-refractivity contribution in [2.24, 2.45) is 5.41 Å². The van der Waals surface area contributed by atoms with Crippen molar-refractivity contribution in [3.63, 3.8) is 0 Å². The maximum Gasteiger partial charge on any atom is 0.494 e. The molecule has 1 unspecified atom stereocenters. The quantitative estimate of drug-likeness (QED) is 0.0649. The van der Waals surface area contributed by atoms with Crippen molar-refractivity contribution in [2.75, 3.05) is 0 Å². The molecule has 0 bridgehead atoms. The van der Waals surface area contributed by atoms with Crippen molar-refractivity contribution in [2.45, 2.75) is 206 Å². The molecule has 0 saturated carbocycles. The molecule has 4 aromatic carbocycles. The summed E-state index contributed by atoms with van der Waals surface area (Å²) in [6.07, 6.45) is 26.8. The largest absolute Gasteiger partial charge is 0.494 e. The Hall–Kier alpha value is -3.67. The Bertz CT molecular complexity index is 2350. The van der Waals surface area contributed by atoms with Gasteiger partial charge in [-0.05, 0) is 148 Å². The summed E-state index contributed by atoms with van der Waals surface area (Å²) in [5.41, 5.74) is 12.4. The van der Waals surface area contributed by atoms with Gasteiger partial charge in [-0.1, -0.05) is 189 Å². The first-order valence-electron chi connectivity index (χ1n) is 26.5. The van der Waals surface area contributed by atoms with E-state index in [0.717, 1.165) is 17.3 Å². The molecule has 2 heterocycles. The van der Waals surface area contributed by atoms with E-state index in [-0.39, 0.29) is 10.8 Å². The van der Waals surface area contributed by atoms with E-state index in [2.05, 4.69) is 179 Å². The van der Waals surface area contributed by atoms with Gasteiger partial charge in [-0.25, -0.2) is 0 Å². The number of benzene rings is 4. The van der Waals surface area contributed by atoms with Gasteiger partial charge in [-0.15, -0.1) is 0 Å². The lowest BCUT2D eigenvalue weighted by atomic mass is 9.56. The number of fused-ring (bicyclic) bond motifs is 6. The number of hydrogen-bond donors (Lipinski definition) is 0. The average Bonchev–Trinajstić information content (AvgIpc) is 3.88. The van der Waals surface area contributed by atoms with E-state index in [0.29, 0.717) is 0 Å². The van der Waals surface area contributed by atoms with Gasteiger partial charge in [-0.2, -0.15) is 0 Å². The fourth-order valence-electron chi connectivity index (χ4n) is 12.7. The van der Waals surface area contributed by atoms with E-state index in [4.69, 9.17) is 18.6 Å². The lowest BCUT2D eigenvalue weighted by Gasteiger charge is -2.46. The number of unbranched alkanes of at least 4 members (excludes halogenated alkanes) is 10. The molecular formula is C61H80B2O4. The molecule has 9 rings (SSSR count). The maximum atomic E-state index is 6.61. The Kier molecular flexibility index (Phi) is 13.2. The van der Waals surface area contributed by atoms with Gasteiger partial charge in [0, 0.05) is 10.8 Å². The van der Waals surface area contributed by atoms with Gasteiger partial charge in [0.2, 0.25) is 0 Å². The van der Waals surface area contributed by atoms with Crippen LogP contribution in [-0.2, 0) is 29.4 Å². The molecule has 354 valence electrons. The van der Waals surface area contributed by atoms with Crippen LogP contribution in [0.25, 0.3) is 16.7 Å². The molecule has 4 nitrogen and oxygen atoms in total. The summed E-state index contributed by atoms with van der Waals surface area (Å²) in [7, 11) is -0.869. The molecule has 2 saturated heterocycles. The fourth-order valence-corrected chi connectivity index (χ4v) is 12.7. The summed E-state index contributed by atoms with van der Waals surface area (Å²) in [4.78, 5) is 0. The van der Waals surface area contributed by atoms with Crippen molar-refractivity contribution in [3.8, 4) is 11.1 Å². The zero-order valence-corrected chi connectivity index (χ0v) is 43.2. The van der Waals surface area contributed by atoms with Crippen LogP contribution in [0.2, 0.25) is 0 Å². The van der Waals surface area contributed by atoms with Crippen molar-refractivity contribution >= 4 is 30.7 Å². The van der Waals surface area contributed by atoms with E-state index in [9.17, 15) is 0 Å². The minimum atomic E-state index is -0.588. The Balaban J connectivity index is 1.22. The highest BCUT2D eigenvalue weighted by Gasteiger charge is 2.59. The summed E-state index contributed by atoms with van der Waals surface area (Å²) in [5, 5.41) is 0. The van der Waals surface area contributed by atoms with Crippen LogP contribution in [0.4, 0.5) is 0 Å². The maximum absolute atomic E-state index is 6.61. The van der Waals surface area contributed by atoms with Gasteiger partial charge in [-0.3, -0.25) is 0 Å². The third-order valence-corrected chi connectivity index (χ3v) is 18.2. The molecule has 67 heavy (non-hydrogen) atoms. The minimum Gasteiger partial charge on any atom is -0.399 e. The first kappa shape index (κ1) is 48.4. The van der Waals surface area contributed by atoms with Crippen LogP contribution in [0.1, 0.15) is 206 Å². The lowest BCUT2D eigenvalue weighted by molar-refractivity contribution is 0.00578. The zero-order valence-electron chi connectivity index (χ0n) is 43.2. The van der Waals surface area contributed by atoms with Gasteiger partial charge in [0.25, 0.3) is 0 Å². The molecular weight excluding hydrogens is 818 g/mol. The number of hydrogen-bond acceptors (Lipinski definition) is 4. The number of allylic oxidation sites excluding steroid dienone is 4. The van der Waals surface area contributed by atoms with E-state index >= 15 is 0 Å². The number of rotatable bonds is 18. The summed E-state index contributed by atoms with van der Waals surface area (Å²) in [5.74, 6) is 0. The third kappa shape index (κ3) is 8.01. The SMILES string of the molecule is CCCCCCCCC1(CCCCCCCC)c2cc3c(cc2C2=CC=CCC21C)C(c1ccc(B2OC(C)(C)C(C)(C)O2)cc1)(c1ccc(B2OC(C)(C)C(C)(C)O2)cc1)c1ccccc1-3. The molecule has 2 fully saturated rings. The van der Waals surface area contributed by atoms with Crippen molar-refractivity contribution in [3.05, 3.63) is 137 Å². The molecule has 3 aliphatic carbocycles. The summed E-state index contributed by atoms with van der Waals surface area (Å²) in [6, 6.07) is 33.1. The molecule has 6 heteroatoms. The van der Waals surface area contributed by atoms with Gasteiger partial charge < -0.3 is 18.6 Å². The molecule has 0 amide bonds. The van der Waals surface area contributed by atoms with Crippen LogP contribution in [0.3, 0.4) is 0 Å². The molecule has 0 radical (unpaired) electrons. The monoisotopic (exact) mass is 899 g/mol. The average molecular weight is 899 g/mol. The minimum absolute atomic E-state index is 0.0309. The van der Waals surface area contributed by atoms with Crippen LogP contribution in [0.15, 0.2) is 103 Å². The summed E-state index contributed by atoms with van der Waals surface area (Å²) >= 11 is 0. The highest BCUT2D eigenvalue weighted by molar-refractivity contribution is 6.62. The van der Waals surface area contributed by atoms with E-state index in [1.165, 1.54) is 129 Å². The smallest absolute Gasteiger partial charge is 0.399 e. The van der Waals surface area contributed by atoms with Crippen LogP contribution in [-0.4, -0.2) is 36.6 Å². The predicted octanol–water partition coefficient (Wildman–Crippen LogP) is 14.8. The fraction of sp³-hybridized carbons (Fsp3) is 0.541. The van der Waals surface area contributed by atoms with E-state index in [1.54, 1.807) is 11.1 Å². The van der Waals surface area contributed by atoms with Crippen molar-refractivity contribution in [1.29, 1.82) is 0 Å². The Morgan fingerprint density at radius 2 is 0.910 bits per heavy atom. The van der Waals surface area contributed by atoms with Crippen molar-refractivity contribution < 1.29 is 18.6 Å². The predicted molar refractivity (Wildman–Crippen MR) is 283 cm³/mol. The molecule has 1 atom stereocenters. The van der Waals surface area contributed by atoms with Crippen LogP contribution in [0.5, 0.6) is 0 Å². The second-order valence-electron chi connectivity index (χ2n) is 23.3. The summed E-state index contributed by atoms with van der Waals surface area (Å²) < 4.78 is 26.4. The van der Waals surface area contributed by atoms with Gasteiger partial charge in [0.1, 0.15) is 0 Å². The molecule has 2 aliphatic heterocycles. The molecule has 0 aromatic heterocycles. The lowest BCUT2D eigenvalue weighted by Crippen LogP contribution is -2.41. The zero-order chi connectivity index (χ0) is 47.5. The van der Waals surface area contributed by atoms with Crippen LogP contribution >= 0.6 is 0 Å². The van der Waals surface area contributed by atoms with Gasteiger partial charge >= 0.3 is 14.2 Å². The standard InChI is InChI=1S/C61H80B2O4/c1-12-14-16-18-20-25-40-60(41-26-21-19-17-15-13-2)53-42-49-48-28-22-23-30-52(48)61(54(49)43-50(53)51-29-24-27-39-59(51,60)11,44-31-35-46(36-32-44)62-64-55(3,4)56(5,6)65-62)45-33-37-47(38-34-45)63-66-57(7,8)58(9,10)67-63/h22-24,27-38,42-43H,12-21,25-26,39-41H2,1-11H3. The van der Waals surface area contributed by atoms with Gasteiger partial charge in [0.05, 0.1) is 27.8 Å². The first-order chi connectivity index (χ1) is 32.0. The highest BCUT2D eigenvalue weighted by atomic mass is 16.7. The second kappa shape index (κ2) is 18.3. The third-order valence-electron chi connectivity index (χ3n) is 18.2. The Morgan fingerprint density at radius 3 is 1.40 bits per heavy atom. The van der Waals surface area contributed by atoms with E-state index < -0.39 is 42.1 Å². The Labute approximate surface area is 406 Å². The van der Waals surface area contributed by atoms with Crippen LogP contribution in [0, 0.1) is 5.41 Å². The Morgan fingerprint density at radius 1 is 0.463 bits per heavy atom. The van der Waals surface area contributed by atoms with E-state index in [1.807, 2.05) is 0 Å². The molecule has 0 spiro atoms. The van der Waals surface area contributed by atoms with Crippen LogP contribution < -0.4 is 10.9 Å². The molecule has 5 aliphatic rings.